The molecule has 2 rings (SSSR count). The SMILES string of the molecule is CCC(CC)(CNC1CC1)Cc1cc(C)cc(C)c1. The number of benzene rings is 1. The quantitative estimate of drug-likeness (QED) is 0.765. The van der Waals surface area contributed by atoms with E-state index in [1.165, 1.54) is 55.3 Å². The van der Waals surface area contributed by atoms with Crippen LogP contribution in [0.5, 0.6) is 0 Å². The van der Waals surface area contributed by atoms with Crippen LogP contribution in [0.25, 0.3) is 0 Å². The van der Waals surface area contributed by atoms with Crippen molar-refractivity contribution >= 4 is 0 Å². The second kappa shape index (κ2) is 6.09. The molecule has 1 saturated carbocycles. The molecule has 1 aromatic rings. The van der Waals surface area contributed by atoms with Gasteiger partial charge in [0.2, 0.25) is 0 Å². The Morgan fingerprint density at radius 1 is 1.05 bits per heavy atom. The third-order valence-electron chi connectivity index (χ3n) is 4.70. The standard InChI is InChI=1S/C18H29N/c1-5-18(6-2,13-19-17-7-8-17)12-16-10-14(3)9-15(4)11-16/h9-11,17,19H,5-8,12-13H2,1-4H3. The summed E-state index contributed by atoms with van der Waals surface area (Å²) in [5, 5.41) is 3.75. The molecule has 0 spiro atoms. The maximum Gasteiger partial charge on any atom is 0.00684 e. The molecule has 0 unspecified atom stereocenters. The monoisotopic (exact) mass is 259 g/mol. The molecule has 1 aromatic carbocycles. The van der Waals surface area contributed by atoms with E-state index in [1.807, 2.05) is 0 Å². The molecular formula is C18H29N. The van der Waals surface area contributed by atoms with Crippen molar-refractivity contribution < 1.29 is 0 Å². The Labute approximate surface area is 118 Å². The van der Waals surface area contributed by atoms with Gasteiger partial charge in [0, 0.05) is 12.6 Å². The zero-order valence-electron chi connectivity index (χ0n) is 13.1. The van der Waals surface area contributed by atoms with Crippen molar-refractivity contribution in [2.45, 2.75) is 65.8 Å². The number of rotatable bonds is 7. The smallest absolute Gasteiger partial charge is 0.00684 e. The first kappa shape index (κ1) is 14.6. The van der Waals surface area contributed by atoms with Crippen LogP contribution in [0.1, 0.15) is 56.2 Å². The lowest BCUT2D eigenvalue weighted by Gasteiger charge is -2.32. The zero-order valence-corrected chi connectivity index (χ0v) is 13.1. The fourth-order valence-electron chi connectivity index (χ4n) is 3.06. The first-order valence-electron chi connectivity index (χ1n) is 7.87. The third kappa shape index (κ3) is 4.07. The lowest BCUT2D eigenvalue weighted by atomic mass is 9.76. The Bertz CT molecular complexity index is 393. The second-order valence-corrected chi connectivity index (χ2v) is 6.54. The van der Waals surface area contributed by atoms with E-state index in [9.17, 15) is 0 Å². The van der Waals surface area contributed by atoms with E-state index in [-0.39, 0.29) is 0 Å². The van der Waals surface area contributed by atoms with Gasteiger partial charge in [0.25, 0.3) is 0 Å². The van der Waals surface area contributed by atoms with E-state index >= 15 is 0 Å². The molecule has 1 N–H and O–H groups in total. The van der Waals surface area contributed by atoms with Crippen LogP contribution >= 0.6 is 0 Å². The van der Waals surface area contributed by atoms with Gasteiger partial charge < -0.3 is 5.32 Å². The summed E-state index contributed by atoms with van der Waals surface area (Å²) in [6.07, 6.45) is 6.49. The van der Waals surface area contributed by atoms with Gasteiger partial charge in [-0.1, -0.05) is 43.2 Å². The minimum atomic E-state index is 0.433. The van der Waals surface area contributed by atoms with E-state index in [0.29, 0.717) is 5.41 Å². The molecule has 0 heterocycles. The van der Waals surface area contributed by atoms with Crippen LogP contribution in [0.4, 0.5) is 0 Å². The summed E-state index contributed by atoms with van der Waals surface area (Å²) in [5.41, 5.74) is 4.74. The minimum absolute atomic E-state index is 0.433. The van der Waals surface area contributed by atoms with E-state index in [0.717, 1.165) is 6.04 Å². The van der Waals surface area contributed by atoms with Crippen molar-refractivity contribution in [2.24, 2.45) is 5.41 Å². The molecule has 0 bridgehead atoms. The molecule has 106 valence electrons. The Hall–Kier alpha value is -0.820. The largest absolute Gasteiger partial charge is 0.313 e. The highest BCUT2D eigenvalue weighted by molar-refractivity contribution is 5.29. The summed E-state index contributed by atoms with van der Waals surface area (Å²) >= 11 is 0. The number of hydrogen-bond acceptors (Lipinski definition) is 1. The lowest BCUT2D eigenvalue weighted by molar-refractivity contribution is 0.245. The van der Waals surface area contributed by atoms with Gasteiger partial charge in [-0.3, -0.25) is 0 Å². The van der Waals surface area contributed by atoms with Gasteiger partial charge in [-0.05, 0) is 56.9 Å². The van der Waals surface area contributed by atoms with Gasteiger partial charge in [0.15, 0.2) is 0 Å². The lowest BCUT2D eigenvalue weighted by Crippen LogP contribution is -2.36. The third-order valence-corrected chi connectivity index (χ3v) is 4.70. The molecule has 0 saturated heterocycles. The van der Waals surface area contributed by atoms with E-state index in [1.54, 1.807) is 0 Å². The molecule has 0 atom stereocenters. The fourth-order valence-corrected chi connectivity index (χ4v) is 3.06. The Kier molecular flexibility index (Phi) is 4.67. The van der Waals surface area contributed by atoms with Crippen LogP contribution in [0.2, 0.25) is 0 Å². The van der Waals surface area contributed by atoms with Gasteiger partial charge in [-0.15, -0.1) is 0 Å². The highest BCUT2D eigenvalue weighted by atomic mass is 15.0. The zero-order chi connectivity index (χ0) is 13.9. The first-order valence-corrected chi connectivity index (χ1v) is 7.87. The van der Waals surface area contributed by atoms with E-state index in [2.05, 4.69) is 51.2 Å². The summed E-state index contributed by atoms with van der Waals surface area (Å²) in [6, 6.07) is 7.82. The molecule has 0 aromatic heterocycles. The molecule has 1 aliphatic carbocycles. The van der Waals surface area contributed by atoms with Crippen LogP contribution in [-0.4, -0.2) is 12.6 Å². The first-order chi connectivity index (χ1) is 9.07. The van der Waals surface area contributed by atoms with Gasteiger partial charge in [0.05, 0.1) is 0 Å². The van der Waals surface area contributed by atoms with Crippen molar-refractivity contribution in [2.75, 3.05) is 6.54 Å². The number of hydrogen-bond donors (Lipinski definition) is 1. The van der Waals surface area contributed by atoms with E-state index in [4.69, 9.17) is 0 Å². The molecule has 19 heavy (non-hydrogen) atoms. The van der Waals surface area contributed by atoms with Crippen molar-refractivity contribution in [3.63, 3.8) is 0 Å². The summed E-state index contributed by atoms with van der Waals surface area (Å²) in [7, 11) is 0. The molecular weight excluding hydrogens is 230 g/mol. The van der Waals surface area contributed by atoms with Crippen molar-refractivity contribution in [1.82, 2.24) is 5.32 Å². The molecule has 1 heteroatoms. The fraction of sp³-hybridized carbons (Fsp3) is 0.667. The molecule has 1 nitrogen and oxygen atoms in total. The summed E-state index contributed by atoms with van der Waals surface area (Å²) in [4.78, 5) is 0. The highest BCUT2D eigenvalue weighted by Gasteiger charge is 2.30. The summed E-state index contributed by atoms with van der Waals surface area (Å²) < 4.78 is 0. The second-order valence-electron chi connectivity index (χ2n) is 6.54. The van der Waals surface area contributed by atoms with Crippen LogP contribution in [0.15, 0.2) is 18.2 Å². The van der Waals surface area contributed by atoms with Gasteiger partial charge in [-0.2, -0.15) is 0 Å². The average molecular weight is 259 g/mol. The predicted octanol–water partition coefficient (Wildman–Crippen LogP) is 4.40. The minimum Gasteiger partial charge on any atom is -0.313 e. The Balaban J connectivity index is 2.08. The van der Waals surface area contributed by atoms with Crippen LogP contribution in [0.3, 0.4) is 0 Å². The predicted molar refractivity (Wildman–Crippen MR) is 83.7 cm³/mol. The number of aryl methyl sites for hydroxylation is 2. The van der Waals surface area contributed by atoms with Gasteiger partial charge in [0.1, 0.15) is 0 Å². The van der Waals surface area contributed by atoms with Crippen molar-refractivity contribution in [3.8, 4) is 0 Å². The Morgan fingerprint density at radius 2 is 1.63 bits per heavy atom. The van der Waals surface area contributed by atoms with Crippen molar-refractivity contribution in [3.05, 3.63) is 34.9 Å². The average Bonchev–Trinajstić information content (AvgIpc) is 3.17. The molecule has 0 amide bonds. The van der Waals surface area contributed by atoms with Crippen molar-refractivity contribution in [1.29, 1.82) is 0 Å². The summed E-state index contributed by atoms with van der Waals surface area (Å²) in [6.45, 7) is 10.3. The molecule has 1 aliphatic rings. The maximum atomic E-state index is 3.75. The Morgan fingerprint density at radius 3 is 2.11 bits per heavy atom. The van der Waals surface area contributed by atoms with Gasteiger partial charge >= 0.3 is 0 Å². The molecule has 0 aliphatic heterocycles. The van der Waals surface area contributed by atoms with Gasteiger partial charge in [-0.25, -0.2) is 0 Å². The highest BCUT2D eigenvalue weighted by Crippen LogP contribution is 2.32. The topological polar surface area (TPSA) is 12.0 Å². The molecule has 0 radical (unpaired) electrons. The van der Waals surface area contributed by atoms with E-state index < -0.39 is 0 Å². The normalized spacial score (nSPS) is 15.8. The summed E-state index contributed by atoms with van der Waals surface area (Å²) in [5.74, 6) is 0. The maximum absolute atomic E-state index is 3.75. The number of nitrogens with one attached hydrogen (secondary N) is 1. The van der Waals surface area contributed by atoms with Crippen LogP contribution < -0.4 is 5.32 Å². The molecule has 1 fully saturated rings. The van der Waals surface area contributed by atoms with Crippen LogP contribution in [0, 0.1) is 19.3 Å². The van der Waals surface area contributed by atoms with Crippen LogP contribution in [-0.2, 0) is 6.42 Å².